The van der Waals surface area contributed by atoms with Crippen molar-refractivity contribution in [3.8, 4) is 34.5 Å². The zero-order chi connectivity index (χ0) is 37.0. The SMILES string of the molecule is COc1cc2ccc1OCCOCCOCCOc1ccccc1OCCOCCOCCOc1ccc(cc1OC)CN(C(=O)OC(C)(C)C)C2. The summed E-state index contributed by atoms with van der Waals surface area (Å²) in [6, 6.07) is 18.6. The molecule has 3 aliphatic heterocycles. The molecule has 0 saturated carbocycles. The predicted octanol–water partition coefficient (Wildman–Crippen LogP) is 5.94. The minimum Gasteiger partial charge on any atom is -0.493 e. The van der Waals surface area contributed by atoms with Crippen molar-refractivity contribution in [2.24, 2.45) is 0 Å². The van der Waals surface area contributed by atoms with Gasteiger partial charge >= 0.3 is 6.09 Å². The Labute approximate surface area is 306 Å². The standard InChI is InChI=1S/C39H53NO12/c1-39(2,3)52-38(41)40-28-30-10-12-34(36(26-30)42-4)50-24-20-46-16-14-44-18-22-48-32-8-6-7-9-33(32)49-23-19-45-15-17-47-21-25-51-35-13-11-31(29-40)27-37(35)43-5/h6-13,26-27H,14-25,28-29H2,1-5H3. The Morgan fingerprint density at radius 1 is 0.538 bits per heavy atom. The summed E-state index contributed by atoms with van der Waals surface area (Å²) < 4.78 is 63.3. The van der Waals surface area contributed by atoms with E-state index in [2.05, 4.69) is 0 Å². The third-order valence-corrected chi connectivity index (χ3v) is 7.39. The van der Waals surface area contributed by atoms with Crippen molar-refractivity contribution in [2.75, 3.05) is 93.5 Å². The van der Waals surface area contributed by atoms with Gasteiger partial charge in [-0.1, -0.05) is 24.3 Å². The molecule has 6 rings (SSSR count). The molecule has 3 aromatic rings. The summed E-state index contributed by atoms with van der Waals surface area (Å²) in [5, 5.41) is 0. The van der Waals surface area contributed by atoms with Gasteiger partial charge in [0.25, 0.3) is 0 Å². The van der Waals surface area contributed by atoms with Gasteiger partial charge in [-0.15, -0.1) is 0 Å². The highest BCUT2D eigenvalue weighted by Gasteiger charge is 2.24. The lowest BCUT2D eigenvalue weighted by atomic mass is 10.1. The number of ether oxygens (including phenoxy) is 11. The fourth-order valence-corrected chi connectivity index (χ4v) is 4.99. The maximum atomic E-state index is 13.4. The fraction of sp³-hybridized carbons (Fsp3) is 0.513. The van der Waals surface area contributed by atoms with Crippen molar-refractivity contribution >= 4 is 6.09 Å². The van der Waals surface area contributed by atoms with Crippen LogP contribution in [0.3, 0.4) is 0 Å². The Bertz CT molecular complexity index is 1400. The molecule has 0 saturated heterocycles. The summed E-state index contributed by atoms with van der Waals surface area (Å²) in [7, 11) is 3.15. The lowest BCUT2D eigenvalue weighted by molar-refractivity contribution is 0.0216. The number of amides is 1. The molecule has 13 nitrogen and oxygen atoms in total. The molecule has 0 aromatic heterocycles. The molecule has 1 amide bonds. The van der Waals surface area contributed by atoms with Crippen molar-refractivity contribution in [2.45, 2.75) is 39.5 Å². The van der Waals surface area contributed by atoms with Crippen LogP contribution in [0.25, 0.3) is 0 Å². The van der Waals surface area contributed by atoms with Crippen LogP contribution in [0.2, 0.25) is 0 Å². The predicted molar refractivity (Wildman–Crippen MR) is 193 cm³/mol. The van der Waals surface area contributed by atoms with E-state index in [4.69, 9.17) is 52.1 Å². The van der Waals surface area contributed by atoms with E-state index in [1.807, 2.05) is 81.4 Å². The van der Waals surface area contributed by atoms with Gasteiger partial charge in [0.1, 0.15) is 32.0 Å². The van der Waals surface area contributed by atoms with Crippen LogP contribution in [0.15, 0.2) is 60.7 Å². The number of carbonyl (C=O) groups excluding carboxylic acids is 1. The Hall–Kier alpha value is -4.43. The number of carbonyl (C=O) groups is 1. The number of nitrogens with zero attached hydrogens (tertiary/aromatic N) is 1. The van der Waals surface area contributed by atoms with Gasteiger partial charge in [0.05, 0.1) is 67.1 Å². The second kappa shape index (κ2) is 21.8. The second-order valence-electron chi connectivity index (χ2n) is 12.6. The molecular weight excluding hydrogens is 674 g/mol. The number of benzene rings is 3. The number of fused-ring (bicyclic) bond motifs is 2. The zero-order valence-corrected chi connectivity index (χ0v) is 31.0. The summed E-state index contributed by atoms with van der Waals surface area (Å²) in [4.78, 5) is 15.0. The Kier molecular flexibility index (Phi) is 16.9. The number of rotatable bonds is 2. The van der Waals surface area contributed by atoms with E-state index in [1.54, 1.807) is 19.1 Å². The lowest BCUT2D eigenvalue weighted by Gasteiger charge is -2.28. The first-order valence-corrected chi connectivity index (χ1v) is 17.5. The molecule has 286 valence electrons. The van der Waals surface area contributed by atoms with Crippen LogP contribution in [-0.4, -0.2) is 110 Å². The first-order valence-electron chi connectivity index (χ1n) is 17.5. The van der Waals surface area contributed by atoms with Crippen LogP contribution in [0, 0.1) is 0 Å². The molecule has 13 heteroatoms. The van der Waals surface area contributed by atoms with E-state index in [0.29, 0.717) is 114 Å². The molecule has 0 N–H and O–H groups in total. The Balaban J connectivity index is 1.42. The van der Waals surface area contributed by atoms with Gasteiger partial charge in [0, 0.05) is 13.1 Å². The van der Waals surface area contributed by atoms with Gasteiger partial charge in [-0.25, -0.2) is 4.79 Å². The highest BCUT2D eigenvalue weighted by molar-refractivity contribution is 5.68. The normalized spacial score (nSPS) is 16.6. The van der Waals surface area contributed by atoms with E-state index in [1.165, 1.54) is 0 Å². The number of hydrogen-bond acceptors (Lipinski definition) is 12. The average Bonchev–Trinajstić information content (AvgIpc) is 3.13. The van der Waals surface area contributed by atoms with Crippen LogP contribution in [0.5, 0.6) is 34.5 Å². The largest absolute Gasteiger partial charge is 0.493 e. The highest BCUT2D eigenvalue weighted by Crippen LogP contribution is 2.31. The molecule has 0 spiro atoms. The molecular formula is C39H53NO12. The van der Waals surface area contributed by atoms with Gasteiger partial charge < -0.3 is 52.1 Å². The van der Waals surface area contributed by atoms with Crippen LogP contribution in [0.4, 0.5) is 4.79 Å². The first kappa shape index (κ1) is 40.3. The van der Waals surface area contributed by atoms with E-state index < -0.39 is 11.7 Å². The second-order valence-corrected chi connectivity index (χ2v) is 12.6. The van der Waals surface area contributed by atoms with E-state index in [9.17, 15) is 4.79 Å². The van der Waals surface area contributed by atoms with Crippen molar-refractivity contribution in [1.29, 1.82) is 0 Å². The third-order valence-electron chi connectivity index (χ3n) is 7.39. The summed E-state index contributed by atoms with van der Waals surface area (Å²) in [5.41, 5.74) is 0.996. The summed E-state index contributed by atoms with van der Waals surface area (Å²) >= 11 is 0. The van der Waals surface area contributed by atoms with Gasteiger partial charge in [-0.05, 0) is 68.3 Å². The van der Waals surface area contributed by atoms with E-state index in [0.717, 1.165) is 11.1 Å². The van der Waals surface area contributed by atoms with Crippen LogP contribution < -0.4 is 28.4 Å². The topological polar surface area (TPSA) is 122 Å². The van der Waals surface area contributed by atoms with Crippen molar-refractivity contribution in [3.05, 3.63) is 71.8 Å². The summed E-state index contributed by atoms with van der Waals surface area (Å²) in [6.07, 6.45) is -0.453. The smallest absolute Gasteiger partial charge is 0.410 e. The lowest BCUT2D eigenvalue weighted by Crippen LogP contribution is -2.36. The van der Waals surface area contributed by atoms with Gasteiger partial charge in [0.15, 0.2) is 34.5 Å². The molecule has 0 aliphatic carbocycles. The number of para-hydroxylation sites is 2. The van der Waals surface area contributed by atoms with E-state index >= 15 is 0 Å². The zero-order valence-electron chi connectivity index (χ0n) is 31.0. The summed E-state index contributed by atoms with van der Waals surface area (Å²) in [5.74, 6) is 3.49. The minimum atomic E-state index is -0.675. The molecule has 3 aromatic carbocycles. The van der Waals surface area contributed by atoms with Crippen LogP contribution >= 0.6 is 0 Å². The fourth-order valence-electron chi connectivity index (χ4n) is 4.99. The van der Waals surface area contributed by atoms with Gasteiger partial charge in [-0.2, -0.15) is 0 Å². The molecule has 0 unspecified atom stereocenters. The average molecular weight is 728 g/mol. The molecule has 3 aliphatic rings. The molecule has 52 heavy (non-hydrogen) atoms. The van der Waals surface area contributed by atoms with Crippen molar-refractivity contribution < 1.29 is 56.9 Å². The van der Waals surface area contributed by atoms with E-state index in [-0.39, 0.29) is 13.1 Å². The monoisotopic (exact) mass is 727 g/mol. The molecule has 0 radical (unpaired) electrons. The van der Waals surface area contributed by atoms with Crippen molar-refractivity contribution in [1.82, 2.24) is 4.90 Å². The Morgan fingerprint density at radius 2 is 0.904 bits per heavy atom. The first-order chi connectivity index (χ1) is 25.3. The summed E-state index contributed by atoms with van der Waals surface area (Å²) in [6.45, 7) is 10.6. The number of hydrogen-bond donors (Lipinski definition) is 0. The quantitative estimate of drug-likeness (QED) is 0.311. The maximum Gasteiger partial charge on any atom is 0.410 e. The molecule has 0 atom stereocenters. The van der Waals surface area contributed by atoms with Crippen molar-refractivity contribution in [3.63, 3.8) is 0 Å². The molecule has 0 fully saturated rings. The molecule has 3 heterocycles. The minimum absolute atomic E-state index is 0.265. The Morgan fingerprint density at radius 3 is 1.27 bits per heavy atom. The van der Waals surface area contributed by atoms with Crippen LogP contribution in [-0.2, 0) is 36.8 Å². The maximum absolute atomic E-state index is 13.4. The third kappa shape index (κ3) is 14.3. The van der Waals surface area contributed by atoms with Crippen LogP contribution in [0.1, 0.15) is 31.9 Å². The van der Waals surface area contributed by atoms with Gasteiger partial charge in [-0.3, -0.25) is 4.90 Å². The number of methoxy groups -OCH3 is 2. The highest BCUT2D eigenvalue weighted by atomic mass is 16.6. The molecule has 4 bridgehead atoms. The van der Waals surface area contributed by atoms with Gasteiger partial charge in [0.2, 0.25) is 0 Å².